The molecule has 1 saturated carbocycles. The van der Waals surface area contributed by atoms with E-state index in [-0.39, 0.29) is 11.3 Å². The van der Waals surface area contributed by atoms with E-state index in [1.54, 1.807) is 6.20 Å². The van der Waals surface area contributed by atoms with Crippen molar-refractivity contribution in [1.29, 1.82) is 0 Å². The largest absolute Gasteiger partial charge is 0.383 e. The maximum absolute atomic E-state index is 12.8. The summed E-state index contributed by atoms with van der Waals surface area (Å²) >= 11 is 0. The van der Waals surface area contributed by atoms with E-state index in [2.05, 4.69) is 21.8 Å². The van der Waals surface area contributed by atoms with Gasteiger partial charge in [0.1, 0.15) is 17.3 Å². The number of nitrogens with one attached hydrogen (secondary N) is 1. The summed E-state index contributed by atoms with van der Waals surface area (Å²) in [6, 6.07) is 4.06. The van der Waals surface area contributed by atoms with Crippen LogP contribution < -0.4 is 10.6 Å². The molecule has 1 aliphatic heterocycles. The zero-order chi connectivity index (χ0) is 21.5. The highest BCUT2D eigenvalue weighted by atomic mass is 32.2. The summed E-state index contributed by atoms with van der Waals surface area (Å²) in [6.07, 6.45) is 6.33. The van der Waals surface area contributed by atoms with Gasteiger partial charge in [-0.2, -0.15) is 0 Å². The molecule has 2 aliphatic rings. The number of rotatable bonds is 6. The van der Waals surface area contributed by atoms with E-state index in [4.69, 9.17) is 20.4 Å². The zero-order valence-electron chi connectivity index (χ0n) is 17.9. The van der Waals surface area contributed by atoms with E-state index < -0.39 is 10.8 Å². The fraction of sp³-hybridized carbons (Fsp3) is 0.500. The van der Waals surface area contributed by atoms with E-state index >= 15 is 0 Å². The van der Waals surface area contributed by atoms with Crippen molar-refractivity contribution < 1.29 is 8.95 Å². The van der Waals surface area contributed by atoms with Crippen molar-refractivity contribution in [2.75, 3.05) is 30.4 Å². The number of hydrogen-bond acceptors (Lipinski definition) is 7. The minimum Gasteiger partial charge on any atom is -0.383 e. The Morgan fingerprint density at radius 2 is 2.19 bits per heavy atom. The molecule has 2 fully saturated rings. The van der Waals surface area contributed by atoms with Crippen molar-refractivity contribution in [3.63, 3.8) is 0 Å². The molecule has 0 amide bonds. The summed E-state index contributed by atoms with van der Waals surface area (Å²) in [4.78, 5) is 19.5. The van der Waals surface area contributed by atoms with Gasteiger partial charge in [0.05, 0.1) is 19.3 Å². The highest BCUT2D eigenvalue weighted by molar-refractivity contribution is 7.86. The van der Waals surface area contributed by atoms with Crippen molar-refractivity contribution in [2.24, 2.45) is 0 Å². The number of morpholine rings is 1. The van der Waals surface area contributed by atoms with Crippen LogP contribution in [0.3, 0.4) is 0 Å². The third kappa shape index (κ3) is 3.92. The molecule has 3 N–H and O–H groups in total. The van der Waals surface area contributed by atoms with Crippen LogP contribution in [0.1, 0.15) is 32.3 Å². The Kier molecular flexibility index (Phi) is 5.39. The summed E-state index contributed by atoms with van der Waals surface area (Å²) in [5.41, 5.74) is 9.11. The molecule has 1 unspecified atom stereocenters. The Morgan fingerprint density at radius 1 is 1.35 bits per heavy atom. The van der Waals surface area contributed by atoms with Crippen molar-refractivity contribution >= 4 is 33.5 Å². The van der Waals surface area contributed by atoms with Gasteiger partial charge in [0.25, 0.3) is 0 Å². The molecular weight excluding hydrogens is 412 g/mol. The summed E-state index contributed by atoms with van der Waals surface area (Å²) in [7, 11) is -0.857. The second-order valence-electron chi connectivity index (χ2n) is 8.49. The Hall–Kier alpha value is -2.52. The number of nitrogens with two attached hydrogens (primary N) is 1. The molecule has 31 heavy (non-hydrogen) atoms. The number of hydrogen-bond donors (Lipinski definition) is 2. The molecule has 1 saturated heterocycles. The molecule has 1 aliphatic carbocycles. The van der Waals surface area contributed by atoms with Crippen molar-refractivity contribution in [1.82, 2.24) is 19.9 Å². The number of nitrogen functional groups attached to an aromatic ring is 1. The summed E-state index contributed by atoms with van der Waals surface area (Å²) < 4.78 is 18.4. The van der Waals surface area contributed by atoms with Gasteiger partial charge < -0.3 is 20.4 Å². The van der Waals surface area contributed by atoms with Gasteiger partial charge in [0, 0.05) is 56.8 Å². The molecule has 3 aromatic rings. The van der Waals surface area contributed by atoms with Gasteiger partial charge in [-0.3, -0.25) is 4.21 Å². The minimum atomic E-state index is -0.857. The number of H-pyrrole nitrogens is 1. The maximum Gasteiger partial charge on any atom is 0.164 e. The normalized spacial score (nSPS) is 21.4. The number of aromatic nitrogens is 4. The number of aromatic amines is 1. The predicted octanol–water partition coefficient (Wildman–Crippen LogP) is 2.67. The fourth-order valence-corrected chi connectivity index (χ4v) is 5.83. The lowest BCUT2D eigenvalue weighted by Gasteiger charge is -2.36. The van der Waals surface area contributed by atoms with Crippen LogP contribution in [0.2, 0.25) is 0 Å². The number of pyridine rings is 1. The SMILES string of the molecule is C[C@@H]1COCCN1c1nc(-c2ccnc3[nH]ccc23)nc(N)c1C[C@H](C)S(=O)C1CC1. The average molecular weight is 441 g/mol. The quantitative estimate of drug-likeness (QED) is 0.606. The van der Waals surface area contributed by atoms with Crippen LogP contribution >= 0.6 is 0 Å². The molecule has 4 heterocycles. The molecule has 0 radical (unpaired) electrons. The number of anilines is 2. The Morgan fingerprint density at radius 3 is 2.97 bits per heavy atom. The van der Waals surface area contributed by atoms with Crippen molar-refractivity contribution in [2.45, 2.75) is 49.7 Å². The smallest absolute Gasteiger partial charge is 0.164 e. The van der Waals surface area contributed by atoms with Crippen LogP contribution in [0.4, 0.5) is 11.6 Å². The standard InChI is InChI=1S/C22H28N6O2S/c1-13-12-30-10-9-28(13)22-18(11-14(2)31(29)15-3-4-15)19(23)26-21(27-22)17-6-8-25-20-16(17)5-7-24-20/h5-8,13-15H,3-4,9-12H2,1-2H3,(H,24,25)(H2,23,26,27)/t13-,14+,31?/m1/s1. The van der Waals surface area contributed by atoms with Crippen molar-refractivity contribution in [3.8, 4) is 11.4 Å². The number of fused-ring (bicyclic) bond motifs is 1. The van der Waals surface area contributed by atoms with E-state index in [1.165, 1.54) is 0 Å². The lowest BCUT2D eigenvalue weighted by atomic mass is 10.1. The van der Waals surface area contributed by atoms with Crippen LogP contribution in [0.15, 0.2) is 24.5 Å². The molecule has 8 nitrogen and oxygen atoms in total. The minimum absolute atomic E-state index is 0.0108. The molecular formula is C22H28N6O2S. The first-order chi connectivity index (χ1) is 15.0. The molecule has 0 aromatic carbocycles. The highest BCUT2D eigenvalue weighted by Gasteiger charge is 2.33. The molecule has 164 valence electrons. The van der Waals surface area contributed by atoms with Crippen molar-refractivity contribution in [3.05, 3.63) is 30.1 Å². The molecule has 0 bridgehead atoms. The third-order valence-corrected chi connectivity index (χ3v) is 8.19. The number of nitrogens with zero attached hydrogens (tertiary/aromatic N) is 4. The second kappa shape index (κ2) is 8.20. The summed E-state index contributed by atoms with van der Waals surface area (Å²) in [5.74, 6) is 1.87. The molecule has 0 spiro atoms. The zero-order valence-corrected chi connectivity index (χ0v) is 18.7. The first-order valence-electron chi connectivity index (χ1n) is 10.9. The summed E-state index contributed by atoms with van der Waals surface area (Å²) in [6.45, 7) is 6.19. The second-order valence-corrected chi connectivity index (χ2v) is 10.6. The lowest BCUT2D eigenvalue weighted by Crippen LogP contribution is -2.45. The van der Waals surface area contributed by atoms with Gasteiger partial charge in [0.2, 0.25) is 0 Å². The van der Waals surface area contributed by atoms with E-state index in [9.17, 15) is 4.21 Å². The van der Waals surface area contributed by atoms with E-state index in [1.807, 2.05) is 25.3 Å². The van der Waals surface area contributed by atoms with Crippen LogP contribution in [-0.4, -0.2) is 60.4 Å². The van der Waals surface area contributed by atoms with Crippen LogP contribution in [0, 0.1) is 0 Å². The maximum atomic E-state index is 12.8. The first-order valence-corrected chi connectivity index (χ1v) is 12.1. The predicted molar refractivity (Wildman–Crippen MR) is 123 cm³/mol. The summed E-state index contributed by atoms with van der Waals surface area (Å²) in [5, 5.41) is 1.30. The van der Waals surface area contributed by atoms with E-state index in [0.29, 0.717) is 36.5 Å². The molecule has 3 aromatic heterocycles. The van der Waals surface area contributed by atoms with E-state index in [0.717, 1.165) is 47.4 Å². The molecule has 3 atom stereocenters. The molecule has 5 rings (SSSR count). The monoisotopic (exact) mass is 440 g/mol. The van der Waals surface area contributed by atoms with Gasteiger partial charge in [0.15, 0.2) is 5.82 Å². The van der Waals surface area contributed by atoms with Gasteiger partial charge in [-0.05, 0) is 38.3 Å². The fourth-order valence-electron chi connectivity index (χ4n) is 4.24. The van der Waals surface area contributed by atoms with Crippen LogP contribution in [0.5, 0.6) is 0 Å². The lowest BCUT2D eigenvalue weighted by molar-refractivity contribution is 0.0984. The highest BCUT2D eigenvalue weighted by Crippen LogP contribution is 2.34. The van der Waals surface area contributed by atoms with Gasteiger partial charge in [-0.1, -0.05) is 6.92 Å². The Bertz CT molecular complexity index is 1130. The third-order valence-electron chi connectivity index (χ3n) is 6.10. The van der Waals surface area contributed by atoms with Gasteiger partial charge >= 0.3 is 0 Å². The Labute approximate surface area is 184 Å². The first kappa shape index (κ1) is 20.4. The Balaban J connectivity index is 1.60. The topological polar surface area (TPSA) is 110 Å². The van der Waals surface area contributed by atoms with Crippen LogP contribution in [0.25, 0.3) is 22.4 Å². The number of ether oxygens (including phenoxy) is 1. The van der Waals surface area contributed by atoms with Gasteiger partial charge in [-0.25, -0.2) is 15.0 Å². The van der Waals surface area contributed by atoms with Crippen LogP contribution in [-0.2, 0) is 22.0 Å². The van der Waals surface area contributed by atoms with Gasteiger partial charge in [-0.15, -0.1) is 0 Å². The molecule has 9 heteroatoms. The average Bonchev–Trinajstić information content (AvgIpc) is 3.51.